The maximum atomic E-state index is 13.1. The Morgan fingerprint density at radius 1 is 1.10 bits per heavy atom. The van der Waals surface area contributed by atoms with Crippen LogP contribution in [0, 0.1) is 0 Å². The largest absolute Gasteiger partial charge is 0.497 e. The molecule has 0 radical (unpaired) electrons. The number of nitrogens with one attached hydrogen (secondary N) is 1. The second-order valence-electron chi connectivity index (χ2n) is 6.65. The molecule has 0 aliphatic carbocycles. The summed E-state index contributed by atoms with van der Waals surface area (Å²) in [5.74, 6) is 0.603. The van der Waals surface area contributed by atoms with Gasteiger partial charge >= 0.3 is 0 Å². The summed E-state index contributed by atoms with van der Waals surface area (Å²) in [6.45, 7) is 3.09. The lowest BCUT2D eigenvalue weighted by atomic mass is 10.1. The molecule has 29 heavy (non-hydrogen) atoms. The highest BCUT2D eigenvalue weighted by atomic mass is 16.5. The summed E-state index contributed by atoms with van der Waals surface area (Å²) in [6.07, 6.45) is 1.71. The number of ether oxygens (including phenoxy) is 1. The first-order valence-electron chi connectivity index (χ1n) is 9.52. The number of hydrogen-bond donors (Lipinski definition) is 1. The van der Waals surface area contributed by atoms with Crippen molar-refractivity contribution in [2.75, 3.05) is 7.11 Å². The average molecular weight is 386 g/mol. The molecular formula is C23H22N4O2. The molecule has 0 aliphatic heterocycles. The standard InChI is InChI=1S/C23H22N4O2/c1-3-27-22-20(15-25-27)19(13-21(26-22)17-9-5-4-6-10-17)23(28)24-14-16-8-7-11-18(12-16)29-2/h4-13,15H,3,14H2,1-2H3,(H,24,28). The van der Waals surface area contributed by atoms with Crippen molar-refractivity contribution in [3.8, 4) is 17.0 Å². The maximum absolute atomic E-state index is 13.1. The zero-order valence-corrected chi connectivity index (χ0v) is 16.4. The van der Waals surface area contributed by atoms with E-state index >= 15 is 0 Å². The van der Waals surface area contributed by atoms with Crippen LogP contribution >= 0.6 is 0 Å². The quantitative estimate of drug-likeness (QED) is 0.543. The summed E-state index contributed by atoms with van der Waals surface area (Å²) >= 11 is 0. The number of hydrogen-bond acceptors (Lipinski definition) is 4. The molecular weight excluding hydrogens is 364 g/mol. The van der Waals surface area contributed by atoms with Gasteiger partial charge in [0, 0.05) is 18.7 Å². The van der Waals surface area contributed by atoms with Crippen LogP contribution < -0.4 is 10.1 Å². The minimum Gasteiger partial charge on any atom is -0.497 e. The van der Waals surface area contributed by atoms with E-state index in [1.54, 1.807) is 18.0 Å². The number of carbonyl (C=O) groups is 1. The fourth-order valence-corrected chi connectivity index (χ4v) is 3.28. The van der Waals surface area contributed by atoms with E-state index in [2.05, 4.69) is 10.4 Å². The van der Waals surface area contributed by atoms with Crippen molar-refractivity contribution < 1.29 is 9.53 Å². The highest BCUT2D eigenvalue weighted by Crippen LogP contribution is 2.25. The topological polar surface area (TPSA) is 69.0 Å². The zero-order valence-electron chi connectivity index (χ0n) is 16.4. The predicted octanol–water partition coefficient (Wildman–Crippen LogP) is 4.06. The monoisotopic (exact) mass is 386 g/mol. The third kappa shape index (κ3) is 3.82. The van der Waals surface area contributed by atoms with Crippen molar-refractivity contribution in [3.05, 3.63) is 78.0 Å². The number of nitrogens with zero attached hydrogens (tertiary/aromatic N) is 3. The lowest BCUT2D eigenvalue weighted by Gasteiger charge is -2.10. The molecule has 1 amide bonds. The number of fused-ring (bicyclic) bond motifs is 1. The summed E-state index contributed by atoms with van der Waals surface area (Å²) in [5.41, 5.74) is 3.95. The molecule has 0 atom stereocenters. The van der Waals surface area contributed by atoms with Gasteiger partial charge in [0.05, 0.1) is 30.0 Å². The van der Waals surface area contributed by atoms with Crippen LogP contribution in [0.2, 0.25) is 0 Å². The summed E-state index contributed by atoms with van der Waals surface area (Å²) in [7, 11) is 1.63. The summed E-state index contributed by atoms with van der Waals surface area (Å²) in [5, 5.41) is 8.14. The van der Waals surface area contributed by atoms with Crippen molar-refractivity contribution in [1.82, 2.24) is 20.1 Å². The van der Waals surface area contributed by atoms with Crippen molar-refractivity contribution in [2.45, 2.75) is 20.0 Å². The number of methoxy groups -OCH3 is 1. The molecule has 6 nitrogen and oxygen atoms in total. The Morgan fingerprint density at radius 2 is 1.93 bits per heavy atom. The van der Waals surface area contributed by atoms with Crippen LogP contribution in [0.15, 0.2) is 66.9 Å². The van der Waals surface area contributed by atoms with Crippen LogP contribution in [0.3, 0.4) is 0 Å². The van der Waals surface area contributed by atoms with E-state index in [9.17, 15) is 4.79 Å². The molecule has 0 aliphatic rings. The van der Waals surface area contributed by atoms with Crippen molar-refractivity contribution in [2.24, 2.45) is 0 Å². The smallest absolute Gasteiger partial charge is 0.252 e. The second kappa shape index (κ2) is 8.14. The molecule has 0 spiro atoms. The van der Waals surface area contributed by atoms with Gasteiger partial charge in [-0.1, -0.05) is 42.5 Å². The molecule has 2 heterocycles. The number of rotatable bonds is 6. The molecule has 146 valence electrons. The molecule has 2 aromatic carbocycles. The van der Waals surface area contributed by atoms with E-state index in [0.29, 0.717) is 24.3 Å². The Kier molecular flexibility index (Phi) is 5.24. The SMILES string of the molecule is CCn1ncc2c(C(=O)NCc3cccc(OC)c3)cc(-c3ccccc3)nc21. The summed E-state index contributed by atoms with van der Waals surface area (Å²) in [4.78, 5) is 17.8. The Balaban J connectivity index is 1.69. The average Bonchev–Trinajstić information content (AvgIpc) is 3.20. The molecule has 0 saturated heterocycles. The lowest BCUT2D eigenvalue weighted by Crippen LogP contribution is -2.23. The summed E-state index contributed by atoms with van der Waals surface area (Å²) in [6, 6.07) is 19.3. The first kappa shape index (κ1) is 18.7. The van der Waals surface area contributed by atoms with Gasteiger partial charge in [0.15, 0.2) is 5.65 Å². The van der Waals surface area contributed by atoms with Gasteiger partial charge in [0.2, 0.25) is 0 Å². The van der Waals surface area contributed by atoms with Gasteiger partial charge < -0.3 is 10.1 Å². The highest BCUT2D eigenvalue weighted by molar-refractivity contribution is 6.06. The number of aryl methyl sites for hydroxylation is 1. The number of aromatic nitrogens is 3. The van der Waals surface area contributed by atoms with Crippen LogP contribution in [0.5, 0.6) is 5.75 Å². The van der Waals surface area contributed by atoms with Crippen molar-refractivity contribution >= 4 is 16.9 Å². The first-order valence-corrected chi connectivity index (χ1v) is 9.52. The van der Waals surface area contributed by atoms with Gasteiger partial charge in [-0.05, 0) is 30.7 Å². The minimum atomic E-state index is -0.159. The zero-order chi connectivity index (χ0) is 20.2. The van der Waals surface area contributed by atoms with Crippen LogP contribution in [0.4, 0.5) is 0 Å². The number of amides is 1. The van der Waals surface area contributed by atoms with Crippen LogP contribution in [-0.2, 0) is 13.1 Å². The molecule has 4 aromatic rings. The molecule has 1 N–H and O–H groups in total. The van der Waals surface area contributed by atoms with Crippen molar-refractivity contribution in [1.29, 1.82) is 0 Å². The van der Waals surface area contributed by atoms with Crippen LogP contribution in [0.25, 0.3) is 22.3 Å². The van der Waals surface area contributed by atoms with Gasteiger partial charge in [-0.25, -0.2) is 9.67 Å². The van der Waals surface area contributed by atoms with Crippen molar-refractivity contribution in [3.63, 3.8) is 0 Å². The van der Waals surface area contributed by atoms with Gasteiger partial charge in [0.1, 0.15) is 5.75 Å². The van der Waals surface area contributed by atoms with Gasteiger partial charge in [-0.3, -0.25) is 4.79 Å². The molecule has 0 bridgehead atoms. The van der Waals surface area contributed by atoms with E-state index < -0.39 is 0 Å². The molecule has 6 heteroatoms. The number of carbonyl (C=O) groups excluding carboxylic acids is 1. The van der Waals surface area contributed by atoms with Crippen LogP contribution in [-0.4, -0.2) is 27.8 Å². The predicted molar refractivity (Wildman–Crippen MR) is 113 cm³/mol. The molecule has 0 saturated carbocycles. The van der Waals surface area contributed by atoms with Crippen LogP contribution in [0.1, 0.15) is 22.8 Å². The Labute approximate surface area is 169 Å². The van der Waals surface area contributed by atoms with E-state index in [0.717, 1.165) is 28.0 Å². The van der Waals surface area contributed by atoms with E-state index in [1.807, 2.05) is 67.6 Å². The third-order valence-electron chi connectivity index (χ3n) is 4.81. The van der Waals surface area contributed by atoms with E-state index in [4.69, 9.17) is 9.72 Å². The van der Waals surface area contributed by atoms with Gasteiger partial charge in [-0.15, -0.1) is 0 Å². The molecule has 0 fully saturated rings. The Hall–Kier alpha value is -3.67. The fourth-order valence-electron chi connectivity index (χ4n) is 3.28. The Bertz CT molecular complexity index is 1150. The second-order valence-corrected chi connectivity index (χ2v) is 6.65. The fraction of sp³-hybridized carbons (Fsp3) is 0.174. The minimum absolute atomic E-state index is 0.159. The van der Waals surface area contributed by atoms with Gasteiger partial charge in [0.25, 0.3) is 5.91 Å². The van der Waals surface area contributed by atoms with E-state index in [1.165, 1.54) is 0 Å². The third-order valence-corrected chi connectivity index (χ3v) is 4.81. The van der Waals surface area contributed by atoms with E-state index in [-0.39, 0.29) is 5.91 Å². The molecule has 0 unspecified atom stereocenters. The summed E-state index contributed by atoms with van der Waals surface area (Å²) < 4.78 is 7.06. The highest BCUT2D eigenvalue weighted by Gasteiger charge is 2.17. The Morgan fingerprint density at radius 3 is 2.69 bits per heavy atom. The number of benzene rings is 2. The first-order chi connectivity index (χ1) is 14.2. The molecule has 2 aromatic heterocycles. The normalized spacial score (nSPS) is 10.8. The lowest BCUT2D eigenvalue weighted by molar-refractivity contribution is 0.0952. The maximum Gasteiger partial charge on any atom is 0.252 e. The molecule has 4 rings (SSSR count). The van der Waals surface area contributed by atoms with Gasteiger partial charge in [-0.2, -0.15) is 5.10 Å². The number of pyridine rings is 1.